The summed E-state index contributed by atoms with van der Waals surface area (Å²) in [6.45, 7) is 3.99. The minimum Gasteiger partial charge on any atom is -0.463 e. The highest BCUT2D eigenvalue weighted by atomic mass is 16.3. The highest BCUT2D eigenvalue weighted by Gasteiger charge is 2.07. The highest BCUT2D eigenvalue weighted by Crippen LogP contribution is 2.14. The molecular weight excluding hydrogens is 294 g/mol. The molecule has 2 amide bonds. The second-order valence-electron chi connectivity index (χ2n) is 5.16. The Hall–Kier alpha value is -2.89. The molecule has 0 saturated carbocycles. The Bertz CT molecular complexity index is 706. The largest absolute Gasteiger partial charge is 0.463 e. The minimum absolute atomic E-state index is 0.0617. The minimum atomic E-state index is -0.331. The third-order valence-electron chi connectivity index (χ3n) is 3.29. The van der Waals surface area contributed by atoms with Crippen molar-refractivity contribution in [3.8, 4) is 0 Å². The third-order valence-corrected chi connectivity index (χ3v) is 3.29. The van der Waals surface area contributed by atoms with Crippen LogP contribution in [0.5, 0.6) is 0 Å². The Labute approximate surface area is 134 Å². The molecule has 0 fully saturated rings. The molecule has 0 atom stereocenters. The van der Waals surface area contributed by atoms with E-state index in [1.165, 1.54) is 12.5 Å². The summed E-state index contributed by atoms with van der Waals surface area (Å²) in [4.78, 5) is 23.4. The van der Waals surface area contributed by atoms with E-state index in [1.54, 1.807) is 12.1 Å². The van der Waals surface area contributed by atoms with Gasteiger partial charge in [-0.1, -0.05) is 6.07 Å². The molecular formula is C17H19N3O3. The summed E-state index contributed by atoms with van der Waals surface area (Å²) in [5, 5.41) is 6.52. The molecule has 0 unspecified atom stereocenters. The second-order valence-corrected chi connectivity index (χ2v) is 5.16. The van der Waals surface area contributed by atoms with Crippen molar-refractivity contribution in [3.63, 3.8) is 0 Å². The van der Waals surface area contributed by atoms with E-state index < -0.39 is 0 Å². The molecule has 2 rings (SSSR count). The van der Waals surface area contributed by atoms with Crippen LogP contribution in [0.4, 0.5) is 5.69 Å². The monoisotopic (exact) mass is 313 g/mol. The molecule has 6 heteroatoms. The lowest BCUT2D eigenvalue weighted by Crippen LogP contribution is -2.20. The van der Waals surface area contributed by atoms with E-state index in [4.69, 9.17) is 4.42 Å². The summed E-state index contributed by atoms with van der Waals surface area (Å²) in [6.07, 6.45) is 3.06. The number of anilines is 1. The zero-order chi connectivity index (χ0) is 16.7. The second kappa shape index (κ2) is 7.93. The molecule has 1 heterocycles. The Kier molecular flexibility index (Phi) is 5.68. The smallest absolute Gasteiger partial charge is 0.240 e. The lowest BCUT2D eigenvalue weighted by molar-refractivity contribution is -0.124. The van der Waals surface area contributed by atoms with Crippen molar-refractivity contribution < 1.29 is 14.0 Å². The van der Waals surface area contributed by atoms with Crippen molar-refractivity contribution in [3.05, 3.63) is 53.5 Å². The molecule has 0 radical (unpaired) electrons. The third kappa shape index (κ3) is 5.43. The van der Waals surface area contributed by atoms with Crippen LogP contribution in [-0.4, -0.2) is 18.0 Å². The molecule has 2 aromatic rings. The molecule has 1 aromatic heterocycles. The maximum absolute atomic E-state index is 11.8. The molecule has 1 aromatic carbocycles. The van der Waals surface area contributed by atoms with Crippen molar-refractivity contribution in [2.24, 2.45) is 5.10 Å². The van der Waals surface area contributed by atoms with Gasteiger partial charge in [-0.25, -0.2) is 5.43 Å². The van der Waals surface area contributed by atoms with Gasteiger partial charge in [-0.3, -0.25) is 9.59 Å². The average molecular weight is 313 g/mol. The number of benzene rings is 1. The molecule has 6 nitrogen and oxygen atoms in total. The predicted octanol–water partition coefficient (Wildman–Crippen LogP) is 2.77. The number of hydrogen-bond acceptors (Lipinski definition) is 4. The summed E-state index contributed by atoms with van der Waals surface area (Å²) >= 11 is 0. The van der Waals surface area contributed by atoms with Gasteiger partial charge in [-0.05, 0) is 49.2 Å². The topological polar surface area (TPSA) is 83.7 Å². The zero-order valence-electron chi connectivity index (χ0n) is 13.1. The Morgan fingerprint density at radius 3 is 2.61 bits per heavy atom. The molecule has 0 spiro atoms. The first kappa shape index (κ1) is 16.5. The number of carbonyl (C=O) groups is 2. The number of furan rings is 1. The van der Waals surface area contributed by atoms with Gasteiger partial charge < -0.3 is 9.73 Å². The fourth-order valence-corrected chi connectivity index (χ4v) is 1.86. The van der Waals surface area contributed by atoms with Crippen LogP contribution in [0.15, 0.2) is 46.1 Å². The van der Waals surface area contributed by atoms with Gasteiger partial charge in [-0.2, -0.15) is 5.10 Å². The van der Waals surface area contributed by atoms with Crippen LogP contribution in [0.25, 0.3) is 0 Å². The normalized spacial score (nSPS) is 10.7. The number of hydrazone groups is 1. The van der Waals surface area contributed by atoms with Gasteiger partial charge in [-0.15, -0.1) is 0 Å². The highest BCUT2D eigenvalue weighted by molar-refractivity contribution is 5.93. The van der Waals surface area contributed by atoms with Crippen molar-refractivity contribution in [1.82, 2.24) is 5.43 Å². The Balaban J connectivity index is 1.73. The molecule has 0 saturated heterocycles. The number of nitrogens with zero attached hydrogens (tertiary/aromatic N) is 1. The van der Waals surface area contributed by atoms with Crippen LogP contribution in [0, 0.1) is 13.8 Å². The van der Waals surface area contributed by atoms with E-state index in [2.05, 4.69) is 15.8 Å². The van der Waals surface area contributed by atoms with E-state index in [-0.39, 0.29) is 24.7 Å². The van der Waals surface area contributed by atoms with Crippen LogP contribution in [-0.2, 0) is 9.59 Å². The molecule has 0 bridgehead atoms. The number of amides is 2. The molecule has 0 aliphatic rings. The van der Waals surface area contributed by atoms with Crippen molar-refractivity contribution in [1.29, 1.82) is 0 Å². The maximum Gasteiger partial charge on any atom is 0.240 e. The zero-order valence-corrected chi connectivity index (χ0v) is 13.1. The van der Waals surface area contributed by atoms with E-state index in [1.807, 2.05) is 32.0 Å². The van der Waals surface area contributed by atoms with E-state index in [0.717, 1.165) is 16.8 Å². The molecule has 0 aliphatic heterocycles. The molecule has 120 valence electrons. The van der Waals surface area contributed by atoms with Crippen molar-refractivity contribution in [2.45, 2.75) is 26.7 Å². The SMILES string of the molecule is Cc1ccc(NC(=O)CCC(=O)NN=Cc2ccco2)cc1C. The van der Waals surface area contributed by atoms with Crippen molar-refractivity contribution in [2.75, 3.05) is 5.32 Å². The van der Waals surface area contributed by atoms with E-state index >= 15 is 0 Å². The summed E-state index contributed by atoms with van der Waals surface area (Å²) in [5.41, 5.74) is 5.35. The first-order chi connectivity index (χ1) is 11.0. The van der Waals surface area contributed by atoms with Gasteiger partial charge >= 0.3 is 0 Å². The maximum atomic E-state index is 11.8. The van der Waals surface area contributed by atoms with Crippen molar-refractivity contribution >= 4 is 23.7 Å². The van der Waals surface area contributed by atoms with Crippen LogP contribution < -0.4 is 10.7 Å². The molecule has 2 N–H and O–H groups in total. The van der Waals surface area contributed by atoms with E-state index in [0.29, 0.717) is 5.76 Å². The lowest BCUT2D eigenvalue weighted by atomic mass is 10.1. The average Bonchev–Trinajstić information content (AvgIpc) is 3.02. The fraction of sp³-hybridized carbons (Fsp3) is 0.235. The van der Waals surface area contributed by atoms with Gasteiger partial charge in [0.1, 0.15) is 5.76 Å². The summed E-state index contributed by atoms with van der Waals surface area (Å²) in [5.74, 6) is -0.000700. The Morgan fingerprint density at radius 1 is 1.13 bits per heavy atom. The van der Waals surface area contributed by atoms with Gasteiger partial charge in [0.15, 0.2) is 0 Å². The van der Waals surface area contributed by atoms with E-state index in [9.17, 15) is 9.59 Å². The van der Waals surface area contributed by atoms with Gasteiger partial charge in [0, 0.05) is 18.5 Å². The summed E-state index contributed by atoms with van der Waals surface area (Å²) < 4.78 is 5.03. The number of hydrogen-bond donors (Lipinski definition) is 2. The number of nitrogens with one attached hydrogen (secondary N) is 2. The first-order valence-corrected chi connectivity index (χ1v) is 7.27. The summed E-state index contributed by atoms with van der Waals surface area (Å²) in [6, 6.07) is 9.13. The quantitative estimate of drug-likeness (QED) is 0.635. The Morgan fingerprint density at radius 2 is 1.91 bits per heavy atom. The van der Waals surface area contributed by atoms with Gasteiger partial charge in [0.2, 0.25) is 11.8 Å². The van der Waals surface area contributed by atoms with Crippen LogP contribution in [0.1, 0.15) is 29.7 Å². The van der Waals surface area contributed by atoms with Gasteiger partial charge in [0.05, 0.1) is 12.5 Å². The molecule has 0 aliphatic carbocycles. The lowest BCUT2D eigenvalue weighted by Gasteiger charge is -2.07. The number of rotatable bonds is 6. The predicted molar refractivity (Wildman–Crippen MR) is 88.2 cm³/mol. The first-order valence-electron chi connectivity index (χ1n) is 7.27. The summed E-state index contributed by atoms with van der Waals surface area (Å²) in [7, 11) is 0. The standard InChI is InChI=1S/C17H19N3O3/c1-12-5-6-14(10-13(12)2)19-16(21)7-8-17(22)20-18-11-15-4-3-9-23-15/h3-6,9-11H,7-8H2,1-2H3,(H,19,21)(H,20,22). The molecule has 23 heavy (non-hydrogen) atoms. The van der Waals surface area contributed by atoms with Crippen LogP contribution in [0.2, 0.25) is 0 Å². The fourth-order valence-electron chi connectivity index (χ4n) is 1.86. The van der Waals surface area contributed by atoms with Crippen LogP contribution >= 0.6 is 0 Å². The van der Waals surface area contributed by atoms with Gasteiger partial charge in [0.25, 0.3) is 0 Å². The number of carbonyl (C=O) groups excluding carboxylic acids is 2. The van der Waals surface area contributed by atoms with Crippen LogP contribution in [0.3, 0.4) is 0 Å². The number of aryl methyl sites for hydroxylation is 2.